The number of unbranched alkanes of at least 4 members (excludes halogenated alkanes) is 6. The lowest BCUT2D eigenvalue weighted by atomic mass is 10.0. The zero-order valence-corrected chi connectivity index (χ0v) is 14.8. The van der Waals surface area contributed by atoms with Gasteiger partial charge in [0.2, 0.25) is 0 Å². The monoisotopic (exact) mass is 330 g/mol. The van der Waals surface area contributed by atoms with E-state index in [4.69, 9.17) is 5.11 Å². The van der Waals surface area contributed by atoms with Gasteiger partial charge in [0.1, 0.15) is 0 Å². The van der Waals surface area contributed by atoms with E-state index < -0.39 is 5.97 Å². The first-order valence-electron chi connectivity index (χ1n) is 9.15. The summed E-state index contributed by atoms with van der Waals surface area (Å²) in [4.78, 5) is 22.4. The van der Waals surface area contributed by atoms with Gasteiger partial charge < -0.3 is 5.11 Å². The van der Waals surface area contributed by atoms with Crippen LogP contribution in [0.2, 0.25) is 0 Å². The molecule has 0 aromatic heterocycles. The van der Waals surface area contributed by atoms with E-state index >= 15 is 0 Å². The van der Waals surface area contributed by atoms with Crippen LogP contribution in [0.1, 0.15) is 87.1 Å². The predicted molar refractivity (Wildman–Crippen MR) is 99.3 cm³/mol. The second-order valence-corrected chi connectivity index (χ2v) is 6.25. The Labute approximate surface area is 145 Å². The van der Waals surface area contributed by atoms with Crippen LogP contribution >= 0.6 is 0 Å². The molecule has 0 amide bonds. The smallest absolute Gasteiger partial charge is 0.303 e. The van der Waals surface area contributed by atoms with Crippen LogP contribution in [-0.4, -0.2) is 16.9 Å². The number of benzene rings is 1. The standard InChI is InChI=1S/C21H30O3/c1-2-3-4-5-6-7-8-9-11-18-14-16-19(17-15-18)20(22)12-10-13-21(23)24/h9,11,14-17H,2-8,10,12-13H2,1H3,(H,23,24). The number of carboxylic acids is 1. The van der Waals surface area contributed by atoms with Gasteiger partial charge in [0.25, 0.3) is 0 Å². The van der Waals surface area contributed by atoms with Crippen LogP contribution in [0.3, 0.4) is 0 Å². The quantitative estimate of drug-likeness (QED) is 0.362. The van der Waals surface area contributed by atoms with Gasteiger partial charge in [-0.05, 0) is 24.8 Å². The van der Waals surface area contributed by atoms with Gasteiger partial charge in [-0.15, -0.1) is 0 Å². The van der Waals surface area contributed by atoms with Crippen LogP contribution in [0, 0.1) is 0 Å². The predicted octanol–water partition coefficient (Wildman–Crippen LogP) is 5.89. The van der Waals surface area contributed by atoms with E-state index in [1.807, 2.05) is 24.3 Å². The number of aliphatic carboxylic acids is 1. The molecule has 1 aromatic carbocycles. The number of rotatable bonds is 13. The maximum atomic E-state index is 11.9. The minimum atomic E-state index is -0.853. The van der Waals surface area contributed by atoms with Crippen molar-refractivity contribution in [3.8, 4) is 0 Å². The highest BCUT2D eigenvalue weighted by molar-refractivity contribution is 5.96. The zero-order chi connectivity index (χ0) is 17.6. The van der Waals surface area contributed by atoms with Gasteiger partial charge in [0, 0.05) is 18.4 Å². The van der Waals surface area contributed by atoms with Gasteiger partial charge in [0.05, 0.1) is 0 Å². The fourth-order valence-electron chi connectivity index (χ4n) is 2.59. The molecule has 132 valence electrons. The highest BCUT2D eigenvalue weighted by atomic mass is 16.4. The Morgan fingerprint density at radius 3 is 2.25 bits per heavy atom. The molecule has 0 fully saturated rings. The molecular weight excluding hydrogens is 300 g/mol. The first-order chi connectivity index (χ1) is 11.6. The molecule has 1 N–H and O–H groups in total. The van der Waals surface area contributed by atoms with Gasteiger partial charge in [0.15, 0.2) is 5.78 Å². The summed E-state index contributed by atoms with van der Waals surface area (Å²) in [6.45, 7) is 2.23. The average Bonchev–Trinajstić information content (AvgIpc) is 2.57. The van der Waals surface area contributed by atoms with Crippen molar-refractivity contribution in [2.45, 2.75) is 71.1 Å². The number of carboxylic acid groups (broad SMARTS) is 1. The van der Waals surface area contributed by atoms with Crippen molar-refractivity contribution < 1.29 is 14.7 Å². The van der Waals surface area contributed by atoms with E-state index in [9.17, 15) is 9.59 Å². The van der Waals surface area contributed by atoms with Crippen molar-refractivity contribution in [3.63, 3.8) is 0 Å². The van der Waals surface area contributed by atoms with Gasteiger partial charge in [-0.2, -0.15) is 0 Å². The van der Waals surface area contributed by atoms with Crippen molar-refractivity contribution in [1.29, 1.82) is 0 Å². The lowest BCUT2D eigenvalue weighted by molar-refractivity contribution is -0.137. The van der Waals surface area contributed by atoms with Crippen molar-refractivity contribution in [2.24, 2.45) is 0 Å². The molecule has 3 heteroatoms. The molecule has 0 spiro atoms. The first kappa shape index (κ1) is 20.1. The van der Waals surface area contributed by atoms with E-state index in [0.29, 0.717) is 18.4 Å². The maximum Gasteiger partial charge on any atom is 0.303 e. The summed E-state index contributed by atoms with van der Waals surface area (Å²) in [5.74, 6) is -0.840. The van der Waals surface area contributed by atoms with Gasteiger partial charge in [-0.1, -0.05) is 75.4 Å². The van der Waals surface area contributed by atoms with Crippen LogP contribution in [0.5, 0.6) is 0 Å². The first-order valence-corrected chi connectivity index (χ1v) is 9.15. The Morgan fingerprint density at radius 2 is 1.58 bits per heavy atom. The van der Waals surface area contributed by atoms with Gasteiger partial charge in [-0.3, -0.25) is 9.59 Å². The van der Waals surface area contributed by atoms with Gasteiger partial charge in [-0.25, -0.2) is 0 Å². The van der Waals surface area contributed by atoms with Crippen molar-refractivity contribution in [1.82, 2.24) is 0 Å². The second-order valence-electron chi connectivity index (χ2n) is 6.25. The van der Waals surface area contributed by atoms with Crippen LogP contribution in [0.15, 0.2) is 30.3 Å². The van der Waals surface area contributed by atoms with Crippen LogP contribution in [-0.2, 0) is 4.79 Å². The van der Waals surface area contributed by atoms with Gasteiger partial charge >= 0.3 is 5.97 Å². The Kier molecular flexibility index (Phi) is 10.5. The molecule has 0 unspecified atom stereocenters. The SMILES string of the molecule is CCCCCCCCC=Cc1ccc(C(=O)CCCC(=O)O)cc1. The number of carbonyl (C=O) groups excluding carboxylic acids is 1. The third-order valence-corrected chi connectivity index (χ3v) is 4.06. The van der Waals surface area contributed by atoms with Crippen LogP contribution in [0.25, 0.3) is 6.08 Å². The van der Waals surface area contributed by atoms with E-state index in [1.54, 1.807) is 0 Å². The molecule has 1 rings (SSSR count). The summed E-state index contributed by atoms with van der Waals surface area (Å²) in [7, 11) is 0. The van der Waals surface area contributed by atoms with Crippen LogP contribution < -0.4 is 0 Å². The zero-order valence-electron chi connectivity index (χ0n) is 14.8. The molecule has 0 aliphatic heterocycles. The van der Waals surface area contributed by atoms with E-state index in [0.717, 1.165) is 12.0 Å². The number of Topliss-reactive ketones (excluding diaryl/α,β-unsaturated/α-hetero) is 1. The summed E-state index contributed by atoms with van der Waals surface area (Å²) < 4.78 is 0. The molecule has 3 nitrogen and oxygen atoms in total. The normalized spacial score (nSPS) is 11.0. The summed E-state index contributed by atoms with van der Waals surface area (Å²) in [6.07, 6.45) is 14.0. The molecular formula is C21H30O3. The van der Waals surface area contributed by atoms with E-state index in [2.05, 4.69) is 19.1 Å². The van der Waals surface area contributed by atoms with Crippen LogP contribution in [0.4, 0.5) is 0 Å². The summed E-state index contributed by atoms with van der Waals surface area (Å²) in [6, 6.07) is 7.55. The number of carbonyl (C=O) groups is 2. The lowest BCUT2D eigenvalue weighted by Crippen LogP contribution is -2.01. The average molecular weight is 330 g/mol. The summed E-state index contributed by atoms with van der Waals surface area (Å²) in [5, 5.41) is 8.59. The molecule has 0 aliphatic carbocycles. The molecule has 0 saturated heterocycles. The third-order valence-electron chi connectivity index (χ3n) is 4.06. The minimum Gasteiger partial charge on any atom is -0.481 e. The van der Waals surface area contributed by atoms with Crippen molar-refractivity contribution >= 4 is 17.8 Å². The molecule has 0 saturated carbocycles. The Hall–Kier alpha value is -1.90. The Morgan fingerprint density at radius 1 is 0.917 bits per heavy atom. The molecule has 1 aromatic rings. The van der Waals surface area contributed by atoms with Crippen molar-refractivity contribution in [3.05, 3.63) is 41.5 Å². The molecule has 0 aliphatic rings. The van der Waals surface area contributed by atoms with E-state index in [1.165, 1.54) is 38.5 Å². The number of hydrogen-bond donors (Lipinski definition) is 1. The third kappa shape index (κ3) is 9.29. The molecule has 0 radical (unpaired) electrons. The van der Waals surface area contributed by atoms with Crippen molar-refractivity contribution in [2.75, 3.05) is 0 Å². The fourth-order valence-corrected chi connectivity index (χ4v) is 2.59. The number of allylic oxidation sites excluding steroid dienone is 1. The fraction of sp³-hybridized carbons (Fsp3) is 0.524. The second kappa shape index (κ2) is 12.5. The highest BCUT2D eigenvalue weighted by Crippen LogP contribution is 2.12. The Balaban J connectivity index is 2.27. The molecule has 24 heavy (non-hydrogen) atoms. The largest absolute Gasteiger partial charge is 0.481 e. The topological polar surface area (TPSA) is 54.4 Å². The Bertz CT molecular complexity index is 514. The number of ketones is 1. The molecule has 0 bridgehead atoms. The molecule has 0 atom stereocenters. The molecule has 0 heterocycles. The lowest BCUT2D eigenvalue weighted by Gasteiger charge is -2.01. The number of hydrogen-bond acceptors (Lipinski definition) is 2. The van der Waals surface area contributed by atoms with E-state index in [-0.39, 0.29) is 12.2 Å². The summed E-state index contributed by atoms with van der Waals surface area (Å²) >= 11 is 0. The summed E-state index contributed by atoms with van der Waals surface area (Å²) in [5.41, 5.74) is 1.76. The minimum absolute atomic E-state index is 0.0128. The maximum absolute atomic E-state index is 11.9. The highest BCUT2D eigenvalue weighted by Gasteiger charge is 2.06.